The molecule has 0 atom stereocenters. The maximum Gasteiger partial charge on any atom is 0.217 e. The number of aryl methyl sites for hydroxylation is 1. The van der Waals surface area contributed by atoms with Crippen molar-refractivity contribution in [3.05, 3.63) is 53.2 Å². The van der Waals surface area contributed by atoms with Gasteiger partial charge in [0.1, 0.15) is 5.82 Å². The molecule has 0 aliphatic carbocycles. The van der Waals surface area contributed by atoms with Crippen molar-refractivity contribution in [3.63, 3.8) is 0 Å². The van der Waals surface area contributed by atoms with E-state index in [1.165, 1.54) is 12.1 Å². The predicted molar refractivity (Wildman–Crippen MR) is 62.2 cm³/mol. The Kier molecular flexibility index (Phi) is 3.15. The van der Waals surface area contributed by atoms with Crippen LogP contribution in [0.1, 0.15) is 11.1 Å². The quantitative estimate of drug-likeness (QED) is 0.811. The van der Waals surface area contributed by atoms with E-state index in [1.807, 2.05) is 0 Å². The third kappa shape index (κ3) is 2.31. The number of nitrogens with zero attached hydrogens (tertiary/aromatic N) is 1. The van der Waals surface area contributed by atoms with Gasteiger partial charge in [-0.15, -0.1) is 0 Å². The van der Waals surface area contributed by atoms with Crippen molar-refractivity contribution in [2.45, 2.75) is 13.5 Å². The first-order chi connectivity index (χ1) is 8.11. The van der Waals surface area contributed by atoms with Crippen molar-refractivity contribution in [2.75, 3.05) is 0 Å². The van der Waals surface area contributed by atoms with Gasteiger partial charge in [-0.05, 0) is 36.8 Å². The Morgan fingerprint density at radius 2 is 1.94 bits per heavy atom. The van der Waals surface area contributed by atoms with Gasteiger partial charge in [0.05, 0.1) is 5.69 Å². The molecular weight excluding hydrogens is 222 g/mol. The average molecular weight is 234 g/mol. The van der Waals surface area contributed by atoms with Gasteiger partial charge in [-0.25, -0.2) is 9.37 Å². The molecule has 1 heterocycles. The maximum atomic E-state index is 13.5. The van der Waals surface area contributed by atoms with Crippen LogP contribution in [0.3, 0.4) is 0 Å². The van der Waals surface area contributed by atoms with Crippen molar-refractivity contribution in [1.82, 2.24) is 4.98 Å². The monoisotopic (exact) mass is 234 g/mol. The molecule has 17 heavy (non-hydrogen) atoms. The zero-order valence-electron chi connectivity index (χ0n) is 9.37. The van der Waals surface area contributed by atoms with Crippen LogP contribution in [0.5, 0.6) is 0 Å². The smallest absolute Gasteiger partial charge is 0.217 e. The number of benzene rings is 1. The molecule has 0 saturated carbocycles. The van der Waals surface area contributed by atoms with E-state index in [4.69, 9.17) is 5.73 Å². The molecule has 0 radical (unpaired) electrons. The van der Waals surface area contributed by atoms with E-state index < -0.39 is 5.95 Å². The SMILES string of the molecule is Cc1cc(F)ccc1-c1ccc(CN)c(F)n1. The maximum absolute atomic E-state index is 13.5. The van der Waals surface area contributed by atoms with Crippen molar-refractivity contribution >= 4 is 0 Å². The Morgan fingerprint density at radius 1 is 1.18 bits per heavy atom. The molecule has 0 aliphatic heterocycles. The summed E-state index contributed by atoms with van der Waals surface area (Å²) in [5, 5.41) is 0. The zero-order chi connectivity index (χ0) is 12.4. The first-order valence-corrected chi connectivity index (χ1v) is 5.24. The van der Waals surface area contributed by atoms with Crippen LogP contribution in [0.4, 0.5) is 8.78 Å². The molecule has 2 N–H and O–H groups in total. The van der Waals surface area contributed by atoms with Gasteiger partial charge in [0.25, 0.3) is 0 Å². The van der Waals surface area contributed by atoms with Gasteiger partial charge in [-0.1, -0.05) is 6.07 Å². The Labute approximate surface area is 98.1 Å². The minimum atomic E-state index is -0.575. The van der Waals surface area contributed by atoms with Gasteiger partial charge in [-0.3, -0.25) is 0 Å². The molecule has 4 heteroatoms. The predicted octanol–water partition coefficient (Wildman–Crippen LogP) is 2.79. The molecule has 0 fully saturated rings. The molecule has 0 amide bonds. The first kappa shape index (κ1) is 11.7. The summed E-state index contributed by atoms with van der Waals surface area (Å²) >= 11 is 0. The molecule has 88 valence electrons. The van der Waals surface area contributed by atoms with Gasteiger partial charge >= 0.3 is 0 Å². The van der Waals surface area contributed by atoms with E-state index in [0.717, 1.165) is 5.56 Å². The van der Waals surface area contributed by atoms with E-state index in [9.17, 15) is 8.78 Å². The fraction of sp³-hybridized carbons (Fsp3) is 0.154. The van der Waals surface area contributed by atoms with E-state index in [-0.39, 0.29) is 12.4 Å². The van der Waals surface area contributed by atoms with E-state index >= 15 is 0 Å². The molecule has 2 rings (SSSR count). The second-order valence-corrected chi connectivity index (χ2v) is 3.81. The highest BCUT2D eigenvalue weighted by Crippen LogP contribution is 2.23. The number of hydrogen-bond donors (Lipinski definition) is 1. The van der Waals surface area contributed by atoms with Gasteiger partial charge in [0, 0.05) is 17.7 Å². The highest BCUT2D eigenvalue weighted by atomic mass is 19.1. The molecule has 1 aromatic carbocycles. The van der Waals surface area contributed by atoms with Crippen LogP contribution >= 0.6 is 0 Å². The number of rotatable bonds is 2. The molecule has 2 aromatic rings. The Balaban J connectivity index is 2.50. The number of nitrogens with two attached hydrogens (primary N) is 1. The minimum Gasteiger partial charge on any atom is -0.326 e. The van der Waals surface area contributed by atoms with Crippen LogP contribution < -0.4 is 5.73 Å². The van der Waals surface area contributed by atoms with Gasteiger partial charge < -0.3 is 5.73 Å². The van der Waals surface area contributed by atoms with Crippen LogP contribution in [-0.4, -0.2) is 4.98 Å². The minimum absolute atomic E-state index is 0.113. The molecule has 0 saturated heterocycles. The lowest BCUT2D eigenvalue weighted by atomic mass is 10.0. The standard InChI is InChI=1S/C13H12F2N2/c1-8-6-10(14)3-4-11(8)12-5-2-9(7-16)13(15)17-12/h2-6H,7,16H2,1H3. The number of aromatic nitrogens is 1. The first-order valence-electron chi connectivity index (χ1n) is 5.24. The fourth-order valence-electron chi connectivity index (χ4n) is 1.68. The van der Waals surface area contributed by atoms with E-state index in [2.05, 4.69) is 4.98 Å². The van der Waals surface area contributed by atoms with Crippen molar-refractivity contribution in [1.29, 1.82) is 0 Å². The van der Waals surface area contributed by atoms with Gasteiger partial charge in [0.2, 0.25) is 5.95 Å². The van der Waals surface area contributed by atoms with Crippen LogP contribution in [0.15, 0.2) is 30.3 Å². The lowest BCUT2D eigenvalue weighted by molar-refractivity contribution is 0.568. The highest BCUT2D eigenvalue weighted by Gasteiger charge is 2.08. The van der Waals surface area contributed by atoms with Crippen LogP contribution in [0.25, 0.3) is 11.3 Å². The van der Waals surface area contributed by atoms with Crippen LogP contribution in [0.2, 0.25) is 0 Å². The second kappa shape index (κ2) is 4.59. The highest BCUT2D eigenvalue weighted by molar-refractivity contribution is 5.63. The normalized spacial score (nSPS) is 10.6. The fourth-order valence-corrected chi connectivity index (χ4v) is 1.68. The summed E-state index contributed by atoms with van der Waals surface area (Å²) < 4.78 is 26.4. The van der Waals surface area contributed by atoms with E-state index in [1.54, 1.807) is 25.1 Å². The lowest BCUT2D eigenvalue weighted by Gasteiger charge is -2.07. The van der Waals surface area contributed by atoms with E-state index in [0.29, 0.717) is 16.8 Å². The average Bonchev–Trinajstić information content (AvgIpc) is 2.29. The third-order valence-electron chi connectivity index (χ3n) is 2.61. The van der Waals surface area contributed by atoms with Crippen molar-refractivity contribution in [3.8, 4) is 11.3 Å². The number of halogens is 2. The molecular formula is C13H12F2N2. The summed E-state index contributed by atoms with van der Waals surface area (Å²) in [6.45, 7) is 1.87. The summed E-state index contributed by atoms with van der Waals surface area (Å²) in [6, 6.07) is 7.60. The molecule has 1 aromatic heterocycles. The second-order valence-electron chi connectivity index (χ2n) is 3.81. The summed E-state index contributed by atoms with van der Waals surface area (Å²) in [5.74, 6) is -0.890. The van der Waals surface area contributed by atoms with Crippen molar-refractivity contribution in [2.24, 2.45) is 5.73 Å². The van der Waals surface area contributed by atoms with Gasteiger partial charge in [0.15, 0.2) is 0 Å². The summed E-state index contributed by atoms with van der Waals surface area (Å²) in [5.41, 5.74) is 7.65. The number of hydrogen-bond acceptors (Lipinski definition) is 2. The largest absolute Gasteiger partial charge is 0.326 e. The Hall–Kier alpha value is -1.81. The number of pyridine rings is 1. The van der Waals surface area contributed by atoms with Crippen LogP contribution in [0, 0.1) is 18.7 Å². The van der Waals surface area contributed by atoms with Gasteiger partial charge in [-0.2, -0.15) is 4.39 Å². The van der Waals surface area contributed by atoms with Crippen molar-refractivity contribution < 1.29 is 8.78 Å². The molecule has 2 nitrogen and oxygen atoms in total. The molecule has 0 aliphatic rings. The Morgan fingerprint density at radius 3 is 2.53 bits per heavy atom. The summed E-state index contributed by atoms with van der Waals surface area (Å²) in [4.78, 5) is 3.84. The topological polar surface area (TPSA) is 38.9 Å². The third-order valence-corrected chi connectivity index (χ3v) is 2.61. The molecule has 0 spiro atoms. The lowest BCUT2D eigenvalue weighted by Crippen LogP contribution is -2.02. The molecule has 0 unspecified atom stereocenters. The van der Waals surface area contributed by atoms with Crippen LogP contribution in [-0.2, 0) is 6.54 Å². The Bertz CT molecular complexity index is 553. The summed E-state index contributed by atoms with van der Waals surface area (Å²) in [6.07, 6.45) is 0. The zero-order valence-corrected chi connectivity index (χ0v) is 9.37. The molecule has 0 bridgehead atoms. The summed E-state index contributed by atoms with van der Waals surface area (Å²) in [7, 11) is 0.